The summed E-state index contributed by atoms with van der Waals surface area (Å²) in [6.45, 7) is 3.11. The van der Waals surface area contributed by atoms with Gasteiger partial charge in [-0.25, -0.2) is 0 Å². The Labute approximate surface area is 288 Å². The van der Waals surface area contributed by atoms with Crippen molar-refractivity contribution in [3.8, 4) is 0 Å². The zero-order chi connectivity index (χ0) is 35.4. The molecule has 13 nitrogen and oxygen atoms in total. The lowest BCUT2D eigenvalue weighted by atomic mass is 9.85. The molecule has 2 N–H and O–H groups in total. The molecule has 1 fully saturated rings. The first kappa shape index (κ1) is 33.7. The highest BCUT2D eigenvalue weighted by Gasteiger charge is 2.50. The average molecular weight is 713 g/mol. The van der Waals surface area contributed by atoms with Crippen LogP contribution in [0.2, 0.25) is 5.02 Å². The van der Waals surface area contributed by atoms with Crippen LogP contribution in [0.1, 0.15) is 65.3 Å². The molecule has 262 valence electrons. The molecular formula is C33H32ClF3N8O5. The first-order valence-corrected chi connectivity index (χ1v) is 16.3. The van der Waals surface area contributed by atoms with Crippen LogP contribution in [0.25, 0.3) is 11.4 Å². The van der Waals surface area contributed by atoms with Gasteiger partial charge in [0, 0.05) is 26.3 Å². The van der Waals surface area contributed by atoms with Crippen LogP contribution in [0.15, 0.2) is 47.5 Å². The summed E-state index contributed by atoms with van der Waals surface area (Å²) in [5, 5.41) is 9.56. The number of pyridine rings is 1. The summed E-state index contributed by atoms with van der Waals surface area (Å²) < 4.78 is 54.5. The molecule has 50 heavy (non-hydrogen) atoms. The third kappa shape index (κ3) is 5.90. The number of carbonyl (C=O) groups excluding carboxylic acids is 2. The molecule has 6 heterocycles. The molecule has 1 aromatic carbocycles. The maximum atomic E-state index is 14.4. The standard InChI is InChI=1S/C33H32ClF3N8O5/c1-18-27-26(32(50-18)8-11-43(12-9-32)24-16-39-10-5-21(24)29(47)38-2)30(48)45-31(41-28(42-45)19-6-13-49-14-7-19)44(27)17-25(46)40-23-4-3-20(15-22(23)34)33(35,36)37/h3-6,10,15-16,18H,7-9,11-14,17H2,1-2H3,(H,38,47)(H,40,46). The van der Waals surface area contributed by atoms with Crippen LogP contribution in [0.5, 0.6) is 0 Å². The number of halogens is 4. The van der Waals surface area contributed by atoms with Crippen molar-refractivity contribution in [2.75, 3.05) is 43.6 Å². The van der Waals surface area contributed by atoms with Gasteiger partial charge in [-0.1, -0.05) is 17.7 Å². The predicted octanol–water partition coefficient (Wildman–Crippen LogP) is 4.35. The van der Waals surface area contributed by atoms with E-state index in [-0.39, 0.29) is 28.9 Å². The smallest absolute Gasteiger partial charge is 0.377 e. The summed E-state index contributed by atoms with van der Waals surface area (Å²) in [5.74, 6) is -0.429. The number of hydrogen-bond donors (Lipinski definition) is 2. The zero-order valence-electron chi connectivity index (χ0n) is 27.0. The number of nitrogens with one attached hydrogen (secondary N) is 2. The van der Waals surface area contributed by atoms with Gasteiger partial charge in [0.05, 0.1) is 64.3 Å². The minimum Gasteiger partial charge on any atom is -0.377 e. The molecular weight excluding hydrogens is 681 g/mol. The molecule has 0 aliphatic carbocycles. The second-order valence-electron chi connectivity index (χ2n) is 12.3. The number of piperidine rings is 1. The van der Waals surface area contributed by atoms with E-state index in [0.29, 0.717) is 73.9 Å². The van der Waals surface area contributed by atoms with E-state index in [1.54, 1.807) is 37.0 Å². The summed E-state index contributed by atoms with van der Waals surface area (Å²) in [4.78, 5) is 51.5. The molecule has 0 bridgehead atoms. The van der Waals surface area contributed by atoms with Crippen LogP contribution in [0, 0.1) is 0 Å². The second kappa shape index (κ2) is 12.8. The normalized spacial score (nSPS) is 18.6. The SMILES string of the molecule is CNC(=O)c1ccncc1N1CCC2(CC1)OC(C)c1c2c(=O)n2nc(C3=CCOCC3)nc2n1CC(=O)Nc1ccc(C(F)(F)F)cc1Cl. The van der Waals surface area contributed by atoms with Gasteiger partial charge in [-0.15, -0.1) is 5.10 Å². The van der Waals surface area contributed by atoms with Crippen molar-refractivity contribution < 1.29 is 32.2 Å². The Hall–Kier alpha value is -4.80. The van der Waals surface area contributed by atoms with E-state index < -0.39 is 34.9 Å². The first-order chi connectivity index (χ1) is 23.9. The Kier molecular flexibility index (Phi) is 8.64. The number of hydrogen-bond acceptors (Lipinski definition) is 9. The quantitative estimate of drug-likeness (QED) is 0.298. The Morgan fingerprint density at radius 3 is 2.64 bits per heavy atom. The van der Waals surface area contributed by atoms with E-state index in [1.807, 2.05) is 11.0 Å². The van der Waals surface area contributed by atoms with E-state index >= 15 is 0 Å². The summed E-state index contributed by atoms with van der Waals surface area (Å²) in [6.07, 6.45) is 1.07. The molecule has 2 amide bonds. The van der Waals surface area contributed by atoms with Gasteiger partial charge >= 0.3 is 6.18 Å². The maximum Gasteiger partial charge on any atom is 0.416 e. The van der Waals surface area contributed by atoms with Crippen molar-refractivity contribution in [3.05, 3.63) is 86.3 Å². The summed E-state index contributed by atoms with van der Waals surface area (Å²) in [5.41, 5.74) is 0.319. The number of alkyl halides is 3. The van der Waals surface area contributed by atoms with Crippen LogP contribution in [-0.2, 0) is 32.6 Å². The fourth-order valence-corrected chi connectivity index (χ4v) is 7.19. The lowest BCUT2D eigenvalue weighted by Gasteiger charge is -2.40. The van der Waals surface area contributed by atoms with Gasteiger partial charge in [0.1, 0.15) is 12.1 Å². The lowest BCUT2D eigenvalue weighted by Crippen LogP contribution is -2.46. The molecule has 1 spiro atoms. The summed E-state index contributed by atoms with van der Waals surface area (Å²) in [7, 11) is 1.56. The van der Waals surface area contributed by atoms with Crippen molar-refractivity contribution >= 4 is 46.1 Å². The van der Waals surface area contributed by atoms with Gasteiger partial charge < -0.3 is 29.6 Å². The highest BCUT2D eigenvalue weighted by atomic mass is 35.5. The average Bonchev–Trinajstić information content (AvgIpc) is 3.67. The van der Waals surface area contributed by atoms with E-state index in [0.717, 1.165) is 23.8 Å². The van der Waals surface area contributed by atoms with Gasteiger partial charge in [0.2, 0.25) is 11.7 Å². The number of amides is 2. The molecule has 1 atom stereocenters. The Bertz CT molecular complexity index is 2110. The first-order valence-electron chi connectivity index (χ1n) is 16.0. The zero-order valence-corrected chi connectivity index (χ0v) is 27.8. The Morgan fingerprint density at radius 2 is 1.96 bits per heavy atom. The van der Waals surface area contributed by atoms with Gasteiger partial charge in [0.15, 0.2) is 5.82 Å². The van der Waals surface area contributed by atoms with E-state index in [9.17, 15) is 27.6 Å². The number of anilines is 2. The third-order valence-electron chi connectivity index (χ3n) is 9.33. The monoisotopic (exact) mass is 712 g/mol. The predicted molar refractivity (Wildman–Crippen MR) is 176 cm³/mol. The molecule has 0 radical (unpaired) electrons. The number of nitrogens with zero attached hydrogens (tertiary/aromatic N) is 6. The van der Waals surface area contributed by atoms with Gasteiger partial charge in [-0.3, -0.25) is 19.4 Å². The van der Waals surface area contributed by atoms with Crippen LogP contribution >= 0.6 is 11.6 Å². The van der Waals surface area contributed by atoms with Crippen molar-refractivity contribution in [2.45, 2.75) is 50.6 Å². The molecule has 0 saturated carbocycles. The van der Waals surface area contributed by atoms with Gasteiger partial charge in [-0.05, 0) is 56.0 Å². The van der Waals surface area contributed by atoms with E-state index in [1.165, 1.54) is 4.52 Å². The minimum atomic E-state index is -4.60. The topological polar surface area (TPSA) is 145 Å². The summed E-state index contributed by atoms with van der Waals surface area (Å²) in [6, 6.07) is 4.32. The van der Waals surface area contributed by atoms with Crippen LogP contribution in [0.4, 0.5) is 24.5 Å². The number of rotatable bonds is 6. The van der Waals surface area contributed by atoms with Crippen molar-refractivity contribution in [2.24, 2.45) is 0 Å². The van der Waals surface area contributed by atoms with Crippen molar-refractivity contribution in [3.63, 3.8) is 0 Å². The van der Waals surface area contributed by atoms with Crippen molar-refractivity contribution in [1.82, 2.24) is 29.5 Å². The fourth-order valence-electron chi connectivity index (χ4n) is 6.97. The van der Waals surface area contributed by atoms with Gasteiger partial charge in [-0.2, -0.15) is 22.7 Å². The van der Waals surface area contributed by atoms with Crippen LogP contribution < -0.4 is 21.1 Å². The molecule has 17 heteroatoms. The molecule has 3 aromatic heterocycles. The lowest BCUT2D eigenvalue weighted by molar-refractivity contribution is -0.137. The number of fused-ring (bicyclic) bond motifs is 3. The minimum absolute atomic E-state index is 0.00689. The Morgan fingerprint density at radius 1 is 1.18 bits per heavy atom. The maximum absolute atomic E-state index is 14.4. The molecule has 3 aliphatic heterocycles. The third-order valence-corrected chi connectivity index (χ3v) is 9.65. The molecule has 7 rings (SSSR count). The second-order valence-corrected chi connectivity index (χ2v) is 12.7. The van der Waals surface area contributed by atoms with E-state index in [2.05, 4.69) is 20.7 Å². The number of ether oxygens (including phenoxy) is 2. The fraction of sp³-hybridized carbons (Fsp3) is 0.394. The van der Waals surface area contributed by atoms with Crippen LogP contribution in [0.3, 0.4) is 0 Å². The molecule has 1 unspecified atom stereocenters. The number of carbonyl (C=O) groups is 2. The number of aromatic nitrogens is 5. The molecule has 3 aliphatic rings. The number of benzene rings is 1. The highest BCUT2D eigenvalue weighted by molar-refractivity contribution is 6.33. The molecule has 1 saturated heterocycles. The summed E-state index contributed by atoms with van der Waals surface area (Å²) >= 11 is 6.14. The van der Waals surface area contributed by atoms with Crippen LogP contribution in [-0.4, -0.2) is 69.3 Å². The molecule has 4 aromatic rings. The Balaban J connectivity index is 1.27. The largest absolute Gasteiger partial charge is 0.416 e. The van der Waals surface area contributed by atoms with E-state index in [4.69, 9.17) is 26.1 Å². The van der Waals surface area contributed by atoms with Crippen molar-refractivity contribution in [1.29, 1.82) is 0 Å². The van der Waals surface area contributed by atoms with Gasteiger partial charge in [0.25, 0.3) is 11.5 Å². The highest BCUT2D eigenvalue weighted by Crippen LogP contribution is 2.48.